The summed E-state index contributed by atoms with van der Waals surface area (Å²) in [4.78, 5) is 25.4. The van der Waals surface area contributed by atoms with Crippen molar-refractivity contribution in [2.75, 3.05) is 6.54 Å². The zero-order chi connectivity index (χ0) is 14.7. The lowest BCUT2D eigenvalue weighted by Gasteiger charge is -2.33. The number of hydrogen-bond acceptors (Lipinski definition) is 2. The summed E-state index contributed by atoms with van der Waals surface area (Å²) in [5.41, 5.74) is 0.794. The minimum Gasteiger partial charge on any atom is -0.481 e. The molecule has 4 nitrogen and oxygen atoms in total. The highest BCUT2D eigenvalue weighted by molar-refractivity contribution is 6.30. The summed E-state index contributed by atoms with van der Waals surface area (Å²) >= 11 is 6.01. The molecule has 2 unspecified atom stereocenters. The molecule has 2 atom stereocenters. The Kier molecular flexibility index (Phi) is 4.65. The molecule has 1 N–H and O–H groups in total. The molecule has 1 aromatic carbocycles. The predicted molar refractivity (Wildman–Crippen MR) is 76.6 cm³/mol. The van der Waals surface area contributed by atoms with E-state index in [1.54, 1.807) is 23.1 Å². The van der Waals surface area contributed by atoms with Crippen LogP contribution < -0.4 is 0 Å². The van der Waals surface area contributed by atoms with Gasteiger partial charge >= 0.3 is 5.97 Å². The van der Waals surface area contributed by atoms with Crippen molar-refractivity contribution in [2.45, 2.75) is 32.2 Å². The van der Waals surface area contributed by atoms with Crippen LogP contribution in [0.4, 0.5) is 0 Å². The largest absolute Gasteiger partial charge is 0.481 e. The monoisotopic (exact) mass is 295 g/mol. The fraction of sp³-hybridized carbons (Fsp3) is 0.467. The molecule has 0 spiro atoms. The van der Waals surface area contributed by atoms with Gasteiger partial charge in [-0.05, 0) is 37.5 Å². The number of nitrogens with zero attached hydrogens (tertiary/aromatic N) is 1. The minimum absolute atomic E-state index is 0.0150. The van der Waals surface area contributed by atoms with Crippen molar-refractivity contribution >= 4 is 23.5 Å². The van der Waals surface area contributed by atoms with Crippen LogP contribution in [0.15, 0.2) is 24.3 Å². The smallest absolute Gasteiger partial charge is 0.308 e. The quantitative estimate of drug-likeness (QED) is 0.932. The van der Waals surface area contributed by atoms with Gasteiger partial charge in [0.2, 0.25) is 5.91 Å². The van der Waals surface area contributed by atoms with Gasteiger partial charge in [-0.15, -0.1) is 0 Å². The Labute approximate surface area is 123 Å². The van der Waals surface area contributed by atoms with Gasteiger partial charge in [-0.2, -0.15) is 0 Å². The summed E-state index contributed by atoms with van der Waals surface area (Å²) in [7, 11) is 0. The predicted octanol–water partition coefficient (Wildman–Crippen LogP) is 3.11. The van der Waals surface area contributed by atoms with Crippen molar-refractivity contribution in [3.63, 3.8) is 0 Å². The molecule has 0 radical (unpaired) electrons. The molecular formula is C15H18ClNO3. The molecular weight excluding hydrogens is 278 g/mol. The average Bonchev–Trinajstić information content (AvgIpc) is 2.57. The van der Waals surface area contributed by atoms with Gasteiger partial charge in [-0.25, -0.2) is 0 Å². The van der Waals surface area contributed by atoms with E-state index in [1.165, 1.54) is 0 Å². The van der Waals surface area contributed by atoms with Crippen LogP contribution >= 0.6 is 11.6 Å². The molecule has 1 fully saturated rings. The molecule has 1 aromatic rings. The summed E-state index contributed by atoms with van der Waals surface area (Å²) in [5, 5.41) is 10.0. The van der Waals surface area contributed by atoms with Gasteiger partial charge in [0.15, 0.2) is 0 Å². The highest BCUT2D eigenvalue weighted by atomic mass is 35.5. The maximum Gasteiger partial charge on any atom is 0.308 e. The van der Waals surface area contributed by atoms with Gasteiger partial charge in [-0.3, -0.25) is 9.59 Å². The molecule has 0 aliphatic carbocycles. The number of aliphatic carboxylic acids is 1. The van der Waals surface area contributed by atoms with Crippen LogP contribution in [0.5, 0.6) is 0 Å². The van der Waals surface area contributed by atoms with Crippen LogP contribution in [-0.4, -0.2) is 28.4 Å². The van der Waals surface area contributed by atoms with E-state index in [9.17, 15) is 14.7 Å². The van der Waals surface area contributed by atoms with Gasteiger partial charge < -0.3 is 10.0 Å². The van der Waals surface area contributed by atoms with E-state index in [1.807, 2.05) is 13.0 Å². The summed E-state index contributed by atoms with van der Waals surface area (Å²) in [6, 6.07) is 6.69. The Morgan fingerprint density at radius 3 is 2.85 bits per heavy atom. The van der Waals surface area contributed by atoms with E-state index in [4.69, 9.17) is 11.6 Å². The van der Waals surface area contributed by atoms with Gasteiger partial charge in [-0.1, -0.05) is 23.7 Å². The van der Waals surface area contributed by atoms with E-state index in [2.05, 4.69) is 0 Å². The second kappa shape index (κ2) is 6.27. The van der Waals surface area contributed by atoms with Crippen LogP contribution in [0.1, 0.15) is 37.8 Å². The summed E-state index contributed by atoms with van der Waals surface area (Å²) < 4.78 is 0. The fourth-order valence-electron chi connectivity index (χ4n) is 2.88. The molecule has 1 heterocycles. The molecule has 108 valence electrons. The summed E-state index contributed by atoms with van der Waals surface area (Å²) in [6.07, 6.45) is 1.53. The molecule has 0 aromatic heterocycles. The Morgan fingerprint density at radius 2 is 2.25 bits per heavy atom. The SMILES string of the molecule is CCN1C(=O)CCCC(C(=O)O)C1c1cccc(Cl)c1. The highest BCUT2D eigenvalue weighted by Gasteiger charge is 2.37. The van der Waals surface area contributed by atoms with Crippen molar-refractivity contribution < 1.29 is 14.7 Å². The molecule has 20 heavy (non-hydrogen) atoms. The lowest BCUT2D eigenvalue weighted by molar-refractivity contribution is -0.146. The second-order valence-corrected chi connectivity index (χ2v) is 5.45. The fourth-order valence-corrected chi connectivity index (χ4v) is 3.08. The van der Waals surface area contributed by atoms with Crippen molar-refractivity contribution in [3.8, 4) is 0 Å². The molecule has 0 saturated carbocycles. The van der Waals surface area contributed by atoms with Crippen LogP contribution in [0.3, 0.4) is 0 Å². The number of halogens is 1. The number of carboxylic acid groups (broad SMARTS) is 1. The molecule has 5 heteroatoms. The molecule has 1 saturated heterocycles. The lowest BCUT2D eigenvalue weighted by Crippen LogP contribution is -2.38. The van der Waals surface area contributed by atoms with E-state index < -0.39 is 17.9 Å². The van der Waals surface area contributed by atoms with Crippen LogP contribution in [0.25, 0.3) is 0 Å². The van der Waals surface area contributed by atoms with Gasteiger partial charge in [0, 0.05) is 18.0 Å². The van der Waals surface area contributed by atoms with Crippen molar-refractivity contribution in [3.05, 3.63) is 34.9 Å². The van der Waals surface area contributed by atoms with E-state index in [-0.39, 0.29) is 5.91 Å². The number of hydrogen-bond donors (Lipinski definition) is 1. The first kappa shape index (κ1) is 14.9. The molecule has 0 bridgehead atoms. The topological polar surface area (TPSA) is 57.6 Å². The van der Waals surface area contributed by atoms with E-state index in [0.717, 1.165) is 5.56 Å². The molecule has 1 aliphatic heterocycles. The third-order valence-corrected chi connectivity index (χ3v) is 4.03. The van der Waals surface area contributed by atoms with Gasteiger partial charge in [0.25, 0.3) is 0 Å². The molecule has 1 aliphatic rings. The molecule has 2 rings (SSSR count). The third-order valence-electron chi connectivity index (χ3n) is 3.79. The first-order valence-corrected chi connectivity index (χ1v) is 7.20. The first-order chi connectivity index (χ1) is 9.54. The number of benzene rings is 1. The first-order valence-electron chi connectivity index (χ1n) is 6.82. The van der Waals surface area contributed by atoms with Crippen LogP contribution in [0.2, 0.25) is 5.02 Å². The zero-order valence-corrected chi connectivity index (χ0v) is 12.1. The van der Waals surface area contributed by atoms with Gasteiger partial charge in [0.05, 0.1) is 12.0 Å². The maximum absolute atomic E-state index is 12.2. The highest BCUT2D eigenvalue weighted by Crippen LogP contribution is 2.36. The Hall–Kier alpha value is -1.55. The Bertz CT molecular complexity index is 516. The Balaban J connectivity index is 2.48. The standard InChI is InChI=1S/C15H18ClNO3/c1-2-17-13(18)8-4-7-12(15(19)20)14(17)10-5-3-6-11(16)9-10/h3,5-6,9,12,14H,2,4,7-8H2,1H3,(H,19,20). The average molecular weight is 296 g/mol. The third kappa shape index (κ3) is 2.96. The van der Waals surface area contributed by atoms with Crippen molar-refractivity contribution in [2.24, 2.45) is 5.92 Å². The number of carboxylic acids is 1. The van der Waals surface area contributed by atoms with Crippen LogP contribution in [-0.2, 0) is 9.59 Å². The maximum atomic E-state index is 12.2. The van der Waals surface area contributed by atoms with E-state index >= 15 is 0 Å². The van der Waals surface area contributed by atoms with Crippen molar-refractivity contribution in [1.82, 2.24) is 4.90 Å². The number of likely N-dealkylation sites (tertiary alicyclic amines) is 1. The second-order valence-electron chi connectivity index (χ2n) is 5.02. The summed E-state index contributed by atoms with van der Waals surface area (Å²) in [5.74, 6) is -1.43. The van der Waals surface area contributed by atoms with Gasteiger partial charge in [0.1, 0.15) is 0 Å². The Morgan fingerprint density at radius 1 is 1.50 bits per heavy atom. The molecule has 1 amide bonds. The zero-order valence-electron chi connectivity index (χ0n) is 11.4. The van der Waals surface area contributed by atoms with Crippen LogP contribution in [0, 0.1) is 5.92 Å². The normalized spacial score (nSPS) is 23.5. The lowest BCUT2D eigenvalue weighted by atomic mass is 9.89. The number of rotatable bonds is 3. The summed E-state index contributed by atoms with van der Waals surface area (Å²) in [6.45, 7) is 2.37. The minimum atomic E-state index is -0.858. The number of carbonyl (C=O) groups is 2. The van der Waals surface area contributed by atoms with E-state index in [0.29, 0.717) is 30.8 Å². The number of amides is 1. The number of carbonyl (C=O) groups excluding carboxylic acids is 1. The van der Waals surface area contributed by atoms with Crippen molar-refractivity contribution in [1.29, 1.82) is 0 Å².